The Morgan fingerprint density at radius 2 is 1.75 bits per heavy atom. The second-order valence-corrected chi connectivity index (χ2v) is 6.62. The molecule has 0 fully saturated rings. The molecule has 6 heteroatoms. The number of aryl methyl sites for hydroxylation is 3. The van der Waals surface area contributed by atoms with Crippen molar-refractivity contribution in [2.24, 2.45) is 0 Å². The number of rotatable bonds is 4. The number of anilines is 1. The normalized spacial score (nSPS) is 11.7. The van der Waals surface area contributed by atoms with E-state index >= 15 is 0 Å². The van der Waals surface area contributed by atoms with Gasteiger partial charge in [0.2, 0.25) is 0 Å². The molecule has 24 heavy (non-hydrogen) atoms. The summed E-state index contributed by atoms with van der Waals surface area (Å²) < 4.78 is 5.88. The first-order valence-electron chi connectivity index (χ1n) is 7.48. The number of benzene rings is 1. The number of ether oxygens (including phenoxy) is 1. The van der Waals surface area contributed by atoms with Crippen molar-refractivity contribution in [2.75, 3.05) is 5.32 Å². The van der Waals surface area contributed by atoms with Crippen molar-refractivity contribution in [3.8, 4) is 0 Å². The third kappa shape index (κ3) is 4.41. The van der Waals surface area contributed by atoms with Crippen molar-refractivity contribution < 1.29 is 14.3 Å². The minimum atomic E-state index is -0.920. The van der Waals surface area contributed by atoms with E-state index in [1.165, 1.54) is 13.1 Å². The van der Waals surface area contributed by atoms with Gasteiger partial charge in [0.15, 0.2) is 6.10 Å². The van der Waals surface area contributed by atoms with E-state index in [4.69, 9.17) is 4.74 Å². The predicted octanol–water partition coefficient (Wildman–Crippen LogP) is 3.95. The van der Waals surface area contributed by atoms with Gasteiger partial charge in [-0.1, -0.05) is 17.7 Å². The van der Waals surface area contributed by atoms with Crippen LogP contribution in [0.25, 0.3) is 0 Å². The van der Waals surface area contributed by atoms with Gasteiger partial charge in [0.05, 0.1) is 5.56 Å². The van der Waals surface area contributed by atoms with Crippen LogP contribution in [0.4, 0.5) is 5.69 Å². The van der Waals surface area contributed by atoms with Gasteiger partial charge in [0.1, 0.15) is 0 Å². The molecular weight excluding hydrogens is 372 g/mol. The molecule has 1 heterocycles. The highest BCUT2D eigenvalue weighted by Crippen LogP contribution is 2.22. The monoisotopic (exact) mass is 390 g/mol. The number of nitrogens with one attached hydrogen (secondary N) is 1. The predicted molar refractivity (Wildman–Crippen MR) is 96.1 cm³/mol. The Kier molecular flexibility index (Phi) is 5.72. The van der Waals surface area contributed by atoms with Gasteiger partial charge in [-0.25, -0.2) is 4.79 Å². The molecule has 5 nitrogen and oxygen atoms in total. The summed E-state index contributed by atoms with van der Waals surface area (Å²) in [6, 6.07) is 5.58. The van der Waals surface area contributed by atoms with Gasteiger partial charge in [-0.05, 0) is 60.8 Å². The Bertz CT molecular complexity index is 767. The van der Waals surface area contributed by atoms with Crippen molar-refractivity contribution in [1.82, 2.24) is 4.98 Å². The molecule has 1 aromatic carbocycles. The number of carbonyl (C=O) groups excluding carboxylic acids is 2. The topological polar surface area (TPSA) is 68.3 Å². The lowest BCUT2D eigenvalue weighted by Crippen LogP contribution is -2.30. The fraction of sp³-hybridized carbons (Fsp3) is 0.278. The van der Waals surface area contributed by atoms with Crippen molar-refractivity contribution in [3.63, 3.8) is 0 Å². The molecule has 0 aliphatic heterocycles. The Morgan fingerprint density at radius 3 is 2.33 bits per heavy atom. The quantitative estimate of drug-likeness (QED) is 0.802. The van der Waals surface area contributed by atoms with Crippen molar-refractivity contribution in [1.29, 1.82) is 0 Å². The molecule has 0 saturated carbocycles. The van der Waals surface area contributed by atoms with Crippen LogP contribution >= 0.6 is 15.9 Å². The van der Waals surface area contributed by atoms with Crippen LogP contribution in [0, 0.1) is 20.8 Å². The second kappa shape index (κ2) is 7.57. The van der Waals surface area contributed by atoms with Crippen LogP contribution in [-0.2, 0) is 9.53 Å². The standard InChI is InChI=1S/C18H19BrN2O3/c1-10-5-11(2)16(12(3)6-10)21-17(22)13(4)24-18(23)14-7-15(19)9-20-8-14/h5-9,13H,1-4H3,(H,21,22)/t13-/m0/s1. The number of nitrogens with zero attached hydrogens (tertiary/aromatic N) is 1. The summed E-state index contributed by atoms with van der Waals surface area (Å²) in [6.07, 6.45) is 2.04. The lowest BCUT2D eigenvalue weighted by Gasteiger charge is -2.17. The highest BCUT2D eigenvalue weighted by molar-refractivity contribution is 9.10. The molecular formula is C18H19BrN2O3. The van der Waals surface area contributed by atoms with Crippen molar-refractivity contribution in [3.05, 3.63) is 57.3 Å². The van der Waals surface area contributed by atoms with Crippen LogP contribution in [0.2, 0.25) is 0 Å². The molecule has 1 amide bonds. The summed E-state index contributed by atoms with van der Waals surface area (Å²) in [7, 11) is 0. The minimum Gasteiger partial charge on any atom is -0.449 e. The first kappa shape index (κ1) is 18.1. The number of esters is 1. The molecule has 0 saturated heterocycles. The van der Waals surface area contributed by atoms with Gasteiger partial charge >= 0.3 is 5.97 Å². The van der Waals surface area contributed by atoms with Crippen molar-refractivity contribution in [2.45, 2.75) is 33.8 Å². The molecule has 2 aromatic rings. The van der Waals surface area contributed by atoms with Crippen LogP contribution in [0.15, 0.2) is 35.1 Å². The number of hydrogen-bond donors (Lipinski definition) is 1. The zero-order chi connectivity index (χ0) is 17.9. The summed E-state index contributed by atoms with van der Waals surface area (Å²) >= 11 is 3.24. The average molecular weight is 391 g/mol. The molecule has 2 rings (SSSR count). The molecule has 0 spiro atoms. The number of aromatic nitrogens is 1. The third-order valence-corrected chi connectivity index (χ3v) is 3.95. The van der Waals surface area contributed by atoms with Gasteiger partial charge in [-0.3, -0.25) is 9.78 Å². The average Bonchev–Trinajstić information content (AvgIpc) is 2.50. The highest BCUT2D eigenvalue weighted by atomic mass is 79.9. The number of pyridine rings is 1. The largest absolute Gasteiger partial charge is 0.449 e. The van der Waals surface area contributed by atoms with E-state index < -0.39 is 12.1 Å². The van der Waals surface area contributed by atoms with E-state index in [1.807, 2.05) is 32.9 Å². The number of amides is 1. The van der Waals surface area contributed by atoms with E-state index in [2.05, 4.69) is 26.2 Å². The van der Waals surface area contributed by atoms with Crippen LogP contribution < -0.4 is 5.32 Å². The van der Waals surface area contributed by atoms with E-state index in [-0.39, 0.29) is 11.5 Å². The molecule has 126 valence electrons. The van der Waals surface area contributed by atoms with Gasteiger partial charge in [0, 0.05) is 22.6 Å². The van der Waals surface area contributed by atoms with Gasteiger partial charge < -0.3 is 10.1 Å². The minimum absolute atomic E-state index is 0.284. The molecule has 0 bridgehead atoms. The maximum absolute atomic E-state index is 12.3. The fourth-order valence-corrected chi connectivity index (χ4v) is 2.77. The van der Waals surface area contributed by atoms with E-state index in [0.717, 1.165) is 22.4 Å². The molecule has 0 unspecified atom stereocenters. The maximum Gasteiger partial charge on any atom is 0.340 e. The zero-order valence-corrected chi connectivity index (χ0v) is 15.6. The van der Waals surface area contributed by atoms with Crippen molar-refractivity contribution >= 4 is 33.5 Å². The summed E-state index contributed by atoms with van der Waals surface area (Å²) in [5.74, 6) is -0.967. The number of hydrogen-bond acceptors (Lipinski definition) is 4. The Labute approximate surface area is 149 Å². The summed E-state index contributed by atoms with van der Waals surface area (Å²) in [5, 5.41) is 2.83. The first-order chi connectivity index (χ1) is 11.3. The van der Waals surface area contributed by atoms with Crippen LogP contribution in [-0.4, -0.2) is 23.0 Å². The summed E-state index contributed by atoms with van der Waals surface area (Å²) in [4.78, 5) is 28.3. The lowest BCUT2D eigenvalue weighted by molar-refractivity contribution is -0.123. The number of carbonyl (C=O) groups is 2. The summed E-state index contributed by atoms with van der Waals surface area (Å²) in [6.45, 7) is 7.40. The first-order valence-corrected chi connectivity index (χ1v) is 8.27. The molecule has 1 atom stereocenters. The van der Waals surface area contributed by atoms with Gasteiger partial charge in [0.25, 0.3) is 5.91 Å². The van der Waals surface area contributed by atoms with E-state index in [9.17, 15) is 9.59 Å². The Morgan fingerprint density at radius 1 is 1.12 bits per heavy atom. The number of halogens is 1. The maximum atomic E-state index is 12.3. The van der Waals surface area contributed by atoms with Crippen LogP contribution in [0.5, 0.6) is 0 Å². The lowest BCUT2D eigenvalue weighted by atomic mass is 10.0. The molecule has 0 aliphatic rings. The Balaban J connectivity index is 2.06. The van der Waals surface area contributed by atoms with E-state index in [0.29, 0.717) is 4.47 Å². The molecule has 0 radical (unpaired) electrons. The highest BCUT2D eigenvalue weighted by Gasteiger charge is 2.20. The van der Waals surface area contributed by atoms with Crippen LogP contribution in [0.3, 0.4) is 0 Å². The zero-order valence-electron chi connectivity index (χ0n) is 14.0. The van der Waals surface area contributed by atoms with E-state index in [1.54, 1.807) is 12.3 Å². The van der Waals surface area contributed by atoms with Gasteiger partial charge in [-0.15, -0.1) is 0 Å². The summed E-state index contributed by atoms with van der Waals surface area (Å²) in [5.41, 5.74) is 4.10. The molecule has 0 aliphatic carbocycles. The molecule has 1 N–H and O–H groups in total. The molecule has 1 aromatic heterocycles. The van der Waals surface area contributed by atoms with Gasteiger partial charge in [-0.2, -0.15) is 0 Å². The van der Waals surface area contributed by atoms with Crippen LogP contribution in [0.1, 0.15) is 34.0 Å². The smallest absolute Gasteiger partial charge is 0.340 e. The third-order valence-electron chi connectivity index (χ3n) is 3.52. The Hall–Kier alpha value is -2.21. The SMILES string of the molecule is Cc1cc(C)c(NC(=O)[C@H](C)OC(=O)c2cncc(Br)c2)c(C)c1. The fourth-order valence-electron chi connectivity index (χ4n) is 2.41. The second-order valence-electron chi connectivity index (χ2n) is 5.70.